The summed E-state index contributed by atoms with van der Waals surface area (Å²) in [5, 5.41) is 11.3. The van der Waals surface area contributed by atoms with Crippen LogP contribution in [0.3, 0.4) is 0 Å². The number of H-pyrrole nitrogens is 1. The fourth-order valence-corrected chi connectivity index (χ4v) is 6.57. The van der Waals surface area contributed by atoms with Crippen molar-refractivity contribution in [3.05, 3.63) is 118 Å². The van der Waals surface area contributed by atoms with Crippen molar-refractivity contribution < 1.29 is 14.3 Å². The number of piperidine rings is 1. The number of aromatic hydroxyl groups is 1. The molecule has 1 amide bonds. The van der Waals surface area contributed by atoms with Crippen LogP contribution in [0.2, 0.25) is 5.02 Å². The van der Waals surface area contributed by atoms with Crippen molar-refractivity contribution in [1.82, 2.24) is 19.8 Å². The second-order valence-electron chi connectivity index (χ2n) is 11.4. The van der Waals surface area contributed by atoms with E-state index in [0.29, 0.717) is 33.4 Å². The minimum atomic E-state index is -0.860. The summed E-state index contributed by atoms with van der Waals surface area (Å²) in [7, 11) is 2.17. The van der Waals surface area contributed by atoms with Gasteiger partial charge < -0.3 is 19.9 Å². The summed E-state index contributed by atoms with van der Waals surface area (Å²) in [5.41, 5.74) is 6.30. The predicted molar refractivity (Wildman–Crippen MR) is 162 cm³/mol. The molecule has 7 rings (SSSR count). The second kappa shape index (κ2) is 10.6. The molecular weight excluding hydrogens is 551 g/mol. The third kappa shape index (κ3) is 4.72. The van der Waals surface area contributed by atoms with Crippen LogP contribution < -0.4 is 0 Å². The Morgan fingerprint density at radius 1 is 1.00 bits per heavy atom. The van der Waals surface area contributed by atoms with Crippen molar-refractivity contribution in [2.24, 2.45) is 0 Å². The Morgan fingerprint density at radius 3 is 2.52 bits per heavy atom. The number of phenols is 1. The van der Waals surface area contributed by atoms with Crippen molar-refractivity contribution in [2.75, 3.05) is 20.1 Å². The molecule has 3 heterocycles. The average molecular weight is 581 g/mol. The number of aromatic amines is 1. The highest BCUT2D eigenvalue weighted by Crippen LogP contribution is 2.40. The van der Waals surface area contributed by atoms with Gasteiger partial charge in [0.15, 0.2) is 0 Å². The van der Waals surface area contributed by atoms with Crippen LogP contribution in [0.4, 0.5) is 4.39 Å². The minimum absolute atomic E-state index is 0.123. The lowest BCUT2D eigenvalue weighted by Gasteiger charge is -2.29. The third-order valence-corrected chi connectivity index (χ3v) is 9.02. The van der Waals surface area contributed by atoms with E-state index in [2.05, 4.69) is 41.2 Å². The summed E-state index contributed by atoms with van der Waals surface area (Å²) in [5.74, 6) is 0.119. The van der Waals surface area contributed by atoms with Gasteiger partial charge in [0.1, 0.15) is 28.9 Å². The lowest BCUT2D eigenvalue weighted by atomic mass is 9.88. The Morgan fingerprint density at radius 2 is 1.76 bits per heavy atom. The lowest BCUT2D eigenvalue weighted by Crippen LogP contribution is -2.31. The number of para-hydroxylation sites is 1. The molecule has 1 unspecified atom stereocenters. The largest absolute Gasteiger partial charge is 0.508 e. The number of likely N-dealkylation sites (tertiary alicyclic amines) is 1. The zero-order chi connectivity index (χ0) is 29.0. The molecule has 8 heteroatoms. The van der Waals surface area contributed by atoms with Crippen molar-refractivity contribution in [2.45, 2.75) is 31.3 Å². The number of phenolic OH excluding ortho intramolecular Hbond substituents is 1. The number of carbonyl (C=O) groups is 1. The maximum atomic E-state index is 14.5. The van der Waals surface area contributed by atoms with Gasteiger partial charge in [-0.2, -0.15) is 0 Å². The number of nitrogens with one attached hydrogen (secondary N) is 1. The predicted octanol–water partition coefficient (Wildman–Crippen LogP) is 7.28. The zero-order valence-corrected chi connectivity index (χ0v) is 23.9. The van der Waals surface area contributed by atoms with Crippen LogP contribution in [0.5, 0.6) is 5.75 Å². The molecule has 2 aliphatic heterocycles. The molecule has 0 saturated carbocycles. The highest BCUT2D eigenvalue weighted by molar-refractivity contribution is 6.34. The molecule has 5 aromatic rings. The van der Waals surface area contributed by atoms with Crippen molar-refractivity contribution >= 4 is 28.5 Å². The van der Waals surface area contributed by atoms with Crippen LogP contribution in [-0.4, -0.2) is 50.9 Å². The number of carbonyl (C=O) groups excluding carboxylic acids is 1. The van der Waals surface area contributed by atoms with Crippen LogP contribution in [0.25, 0.3) is 22.2 Å². The summed E-state index contributed by atoms with van der Waals surface area (Å²) in [6.45, 7) is 2.52. The molecule has 6 nitrogen and oxygen atoms in total. The van der Waals surface area contributed by atoms with Gasteiger partial charge in [0.25, 0.3) is 5.91 Å². The fourth-order valence-electron chi connectivity index (χ4n) is 6.35. The van der Waals surface area contributed by atoms with Gasteiger partial charge in [0.2, 0.25) is 0 Å². The normalized spacial score (nSPS) is 16.7. The topological polar surface area (TPSA) is 72.5 Å². The van der Waals surface area contributed by atoms with E-state index in [1.807, 2.05) is 24.3 Å². The molecule has 0 bridgehead atoms. The fraction of sp³-hybridized carbons (Fsp3) is 0.235. The lowest BCUT2D eigenvalue weighted by molar-refractivity contribution is 0.0723. The first kappa shape index (κ1) is 26.7. The monoisotopic (exact) mass is 580 g/mol. The Balaban J connectivity index is 1.23. The first-order valence-corrected chi connectivity index (χ1v) is 14.6. The van der Waals surface area contributed by atoms with E-state index in [1.165, 1.54) is 36.6 Å². The van der Waals surface area contributed by atoms with Crippen LogP contribution in [0.15, 0.2) is 78.9 Å². The van der Waals surface area contributed by atoms with Gasteiger partial charge in [0.05, 0.1) is 10.5 Å². The Bertz CT molecular complexity index is 1810. The average Bonchev–Trinajstić information content (AvgIpc) is 3.57. The van der Waals surface area contributed by atoms with E-state index in [0.717, 1.165) is 29.8 Å². The molecule has 1 saturated heterocycles. The number of nitrogens with zero attached hydrogens (tertiary/aromatic N) is 3. The van der Waals surface area contributed by atoms with E-state index in [9.17, 15) is 14.3 Å². The molecule has 1 fully saturated rings. The first-order chi connectivity index (χ1) is 20.4. The summed E-state index contributed by atoms with van der Waals surface area (Å²) < 4.78 is 14.5. The van der Waals surface area contributed by atoms with Crippen LogP contribution >= 0.6 is 11.6 Å². The quantitative estimate of drug-likeness (QED) is 0.229. The summed E-state index contributed by atoms with van der Waals surface area (Å²) >= 11 is 6.40. The second-order valence-corrected chi connectivity index (χ2v) is 11.8. The summed E-state index contributed by atoms with van der Waals surface area (Å²) in [4.78, 5) is 26.0. The van der Waals surface area contributed by atoms with Gasteiger partial charge in [-0.3, -0.25) is 4.79 Å². The van der Waals surface area contributed by atoms with Crippen molar-refractivity contribution in [3.8, 4) is 16.9 Å². The zero-order valence-electron chi connectivity index (χ0n) is 23.1. The standard InChI is InChI=1S/C34H30ClFN4O2/c1-39-15-13-22(14-16-39)20-5-7-21(8-6-20)23-9-10-24-19-40(34(42)26(24)17-23)32(27-18-25(36)11-12-30(27)41)33-37-29-4-2-3-28(35)31(29)38-33/h2-12,17-18,22,32,41H,13-16,19H2,1H3,(H,37,38). The Labute approximate surface area is 248 Å². The maximum Gasteiger partial charge on any atom is 0.255 e. The number of benzene rings is 4. The summed E-state index contributed by atoms with van der Waals surface area (Å²) in [6, 6.07) is 22.9. The molecule has 1 atom stereocenters. The van der Waals surface area contributed by atoms with Gasteiger partial charge in [-0.1, -0.05) is 54.1 Å². The number of rotatable bonds is 5. The first-order valence-electron chi connectivity index (χ1n) is 14.2. The van der Waals surface area contributed by atoms with E-state index >= 15 is 0 Å². The Hall–Kier alpha value is -4.20. The molecule has 0 aliphatic carbocycles. The van der Waals surface area contributed by atoms with E-state index in [4.69, 9.17) is 16.6 Å². The molecule has 4 aromatic carbocycles. The van der Waals surface area contributed by atoms with Crippen molar-refractivity contribution in [1.29, 1.82) is 0 Å². The number of imidazole rings is 1. The van der Waals surface area contributed by atoms with Gasteiger partial charge in [-0.15, -0.1) is 0 Å². The number of hydrogen-bond acceptors (Lipinski definition) is 4. The Kier molecular flexibility index (Phi) is 6.72. The number of aromatic nitrogens is 2. The third-order valence-electron chi connectivity index (χ3n) is 8.71. The molecule has 2 N–H and O–H groups in total. The van der Waals surface area contributed by atoms with Gasteiger partial charge in [-0.25, -0.2) is 9.37 Å². The summed E-state index contributed by atoms with van der Waals surface area (Å²) in [6.07, 6.45) is 2.33. The van der Waals surface area contributed by atoms with E-state index in [1.54, 1.807) is 17.0 Å². The maximum absolute atomic E-state index is 14.5. The van der Waals surface area contributed by atoms with Crippen LogP contribution in [0.1, 0.15) is 57.7 Å². The molecule has 1 aromatic heterocycles. The van der Waals surface area contributed by atoms with E-state index in [-0.39, 0.29) is 23.8 Å². The van der Waals surface area contributed by atoms with Crippen molar-refractivity contribution in [3.63, 3.8) is 0 Å². The molecule has 0 radical (unpaired) electrons. The van der Waals surface area contributed by atoms with Crippen LogP contribution in [-0.2, 0) is 6.54 Å². The van der Waals surface area contributed by atoms with Crippen LogP contribution in [0, 0.1) is 5.82 Å². The molecule has 2 aliphatic rings. The molecule has 42 heavy (non-hydrogen) atoms. The van der Waals surface area contributed by atoms with Gasteiger partial charge in [0, 0.05) is 17.7 Å². The number of amides is 1. The highest BCUT2D eigenvalue weighted by atomic mass is 35.5. The van der Waals surface area contributed by atoms with Gasteiger partial charge >= 0.3 is 0 Å². The molecule has 212 valence electrons. The molecule has 0 spiro atoms. The highest BCUT2D eigenvalue weighted by Gasteiger charge is 2.37. The van der Waals surface area contributed by atoms with Gasteiger partial charge in [-0.05, 0) is 97.5 Å². The SMILES string of the molecule is CN1CCC(c2ccc(-c3ccc4c(c3)C(=O)N(C(c3nc5c(Cl)cccc5[nH]3)c3cc(F)ccc3O)C4)cc2)CC1. The number of hydrogen-bond donors (Lipinski definition) is 2. The minimum Gasteiger partial charge on any atom is -0.508 e. The number of fused-ring (bicyclic) bond motifs is 2. The number of halogens is 2. The van der Waals surface area contributed by atoms with E-state index < -0.39 is 11.9 Å². The smallest absolute Gasteiger partial charge is 0.255 e. The molecular formula is C34H30ClFN4O2.